The van der Waals surface area contributed by atoms with E-state index in [-0.39, 0.29) is 6.61 Å². The summed E-state index contributed by atoms with van der Waals surface area (Å²) in [5.41, 5.74) is 5.42. The van der Waals surface area contributed by atoms with Crippen molar-refractivity contribution in [1.29, 1.82) is 0 Å². The average Bonchev–Trinajstić information content (AvgIpc) is 3.01. The maximum atomic E-state index is 9.29. The first-order valence-corrected chi connectivity index (χ1v) is 8.08. The molecule has 0 saturated heterocycles. The lowest BCUT2D eigenvalue weighted by atomic mass is 10.1. The van der Waals surface area contributed by atoms with Gasteiger partial charge in [0.15, 0.2) is 0 Å². The number of aliphatic hydroxyl groups is 1. The fraction of sp³-hybridized carbons (Fsp3) is 0.368. The fourth-order valence-electron chi connectivity index (χ4n) is 3.05. The van der Waals surface area contributed by atoms with E-state index in [0.29, 0.717) is 0 Å². The fourth-order valence-corrected chi connectivity index (χ4v) is 3.05. The van der Waals surface area contributed by atoms with Gasteiger partial charge in [-0.2, -0.15) is 0 Å². The zero-order valence-electron chi connectivity index (χ0n) is 13.0. The predicted molar refractivity (Wildman–Crippen MR) is 91.1 cm³/mol. The number of nitrogens with one attached hydrogen (secondary N) is 1. The maximum Gasteiger partial charge on any atom is 0.0558 e. The Hall–Kier alpha value is -1.84. The molecule has 2 aromatic rings. The molecule has 0 unspecified atom stereocenters. The van der Waals surface area contributed by atoms with Gasteiger partial charge in [-0.05, 0) is 35.6 Å². The van der Waals surface area contributed by atoms with Crippen LogP contribution in [0.25, 0.3) is 0 Å². The molecule has 0 spiro atoms. The number of aliphatic hydroxyl groups excluding tert-OH is 1. The Morgan fingerprint density at radius 2 is 1.86 bits per heavy atom. The molecule has 0 fully saturated rings. The Bertz CT molecular complexity index is 598. The second kappa shape index (κ2) is 7.43. The highest BCUT2D eigenvalue weighted by atomic mass is 16.3. The van der Waals surface area contributed by atoms with Crippen LogP contribution < -0.4 is 5.32 Å². The van der Waals surface area contributed by atoms with Crippen LogP contribution in [-0.2, 0) is 19.4 Å². The van der Waals surface area contributed by atoms with Gasteiger partial charge in [0.05, 0.1) is 6.61 Å². The number of fused-ring (bicyclic) bond motifs is 1. The molecule has 0 aliphatic carbocycles. The Morgan fingerprint density at radius 1 is 1.00 bits per heavy atom. The number of benzene rings is 2. The highest BCUT2D eigenvalue weighted by Gasteiger charge is 2.11. The van der Waals surface area contributed by atoms with E-state index in [4.69, 9.17) is 0 Å². The number of hydrogen-bond donors (Lipinski definition) is 2. The zero-order valence-corrected chi connectivity index (χ0v) is 13.0. The van der Waals surface area contributed by atoms with Crippen molar-refractivity contribution in [2.24, 2.45) is 0 Å². The summed E-state index contributed by atoms with van der Waals surface area (Å²) in [6.45, 7) is 3.86. The van der Waals surface area contributed by atoms with Crippen molar-refractivity contribution >= 4 is 5.69 Å². The summed E-state index contributed by atoms with van der Waals surface area (Å²) in [6.07, 6.45) is 2.16. The molecule has 0 aromatic heterocycles. The molecule has 0 saturated carbocycles. The molecule has 3 heteroatoms. The van der Waals surface area contributed by atoms with E-state index in [1.54, 1.807) is 0 Å². The summed E-state index contributed by atoms with van der Waals surface area (Å²) in [6, 6.07) is 17.2. The predicted octanol–water partition coefficient (Wildman–Crippen LogP) is 2.69. The lowest BCUT2D eigenvalue weighted by Crippen LogP contribution is -2.28. The number of rotatable bonds is 7. The van der Waals surface area contributed by atoms with Gasteiger partial charge in [0.2, 0.25) is 0 Å². The Labute approximate surface area is 132 Å². The molecule has 1 aliphatic heterocycles. The molecule has 1 aliphatic rings. The largest absolute Gasteiger partial charge is 0.395 e. The van der Waals surface area contributed by atoms with Crippen LogP contribution in [-0.4, -0.2) is 36.2 Å². The van der Waals surface area contributed by atoms with E-state index in [0.717, 1.165) is 39.0 Å². The first kappa shape index (κ1) is 15.1. The van der Waals surface area contributed by atoms with E-state index in [1.807, 2.05) is 6.07 Å². The van der Waals surface area contributed by atoms with E-state index in [1.165, 1.54) is 22.4 Å². The highest BCUT2D eigenvalue weighted by molar-refractivity contribution is 5.56. The van der Waals surface area contributed by atoms with E-state index >= 15 is 0 Å². The van der Waals surface area contributed by atoms with Gasteiger partial charge < -0.3 is 10.4 Å². The van der Waals surface area contributed by atoms with Gasteiger partial charge in [0, 0.05) is 31.9 Å². The Kier molecular flexibility index (Phi) is 5.09. The minimum absolute atomic E-state index is 0.209. The second-order valence-corrected chi connectivity index (χ2v) is 5.90. The summed E-state index contributed by atoms with van der Waals surface area (Å²) < 4.78 is 0. The molecule has 3 rings (SSSR count). The lowest BCUT2D eigenvalue weighted by Gasteiger charge is -2.21. The zero-order chi connectivity index (χ0) is 15.2. The van der Waals surface area contributed by atoms with Gasteiger partial charge in [-0.1, -0.05) is 42.5 Å². The van der Waals surface area contributed by atoms with E-state index < -0.39 is 0 Å². The third-order valence-corrected chi connectivity index (χ3v) is 4.26. The Morgan fingerprint density at radius 3 is 2.68 bits per heavy atom. The van der Waals surface area contributed by atoms with Gasteiger partial charge in [0.25, 0.3) is 0 Å². The first-order valence-electron chi connectivity index (χ1n) is 8.08. The van der Waals surface area contributed by atoms with Crippen molar-refractivity contribution in [3.8, 4) is 0 Å². The maximum absolute atomic E-state index is 9.29. The lowest BCUT2D eigenvalue weighted by molar-refractivity contribution is 0.191. The molecule has 0 bridgehead atoms. The van der Waals surface area contributed by atoms with Crippen molar-refractivity contribution in [1.82, 2.24) is 4.90 Å². The van der Waals surface area contributed by atoms with Crippen LogP contribution in [0.2, 0.25) is 0 Å². The molecule has 2 N–H and O–H groups in total. The molecular formula is C19H24N2O. The normalized spacial score (nSPS) is 13.2. The topological polar surface area (TPSA) is 35.5 Å². The van der Waals surface area contributed by atoms with Crippen molar-refractivity contribution in [2.45, 2.75) is 19.4 Å². The summed E-state index contributed by atoms with van der Waals surface area (Å²) in [5.74, 6) is 0. The van der Waals surface area contributed by atoms with Crippen molar-refractivity contribution in [2.75, 3.05) is 31.6 Å². The molecular weight excluding hydrogens is 272 g/mol. The molecule has 1 heterocycles. The molecule has 3 nitrogen and oxygen atoms in total. The third kappa shape index (κ3) is 3.87. The van der Waals surface area contributed by atoms with E-state index in [9.17, 15) is 5.11 Å². The quantitative estimate of drug-likeness (QED) is 0.824. The standard InChI is InChI=1S/C19H24N2O/c22-13-12-21(15-17-4-2-1-3-5-17)11-9-16-6-7-19-18(14-16)8-10-20-19/h1-7,14,20,22H,8-13,15H2. The summed E-state index contributed by atoms with van der Waals surface area (Å²) in [4.78, 5) is 2.32. The van der Waals surface area contributed by atoms with Crippen LogP contribution in [0.3, 0.4) is 0 Å². The van der Waals surface area contributed by atoms with Crippen LogP contribution in [0.15, 0.2) is 48.5 Å². The van der Waals surface area contributed by atoms with Crippen LogP contribution in [0.5, 0.6) is 0 Å². The molecule has 0 amide bonds. The van der Waals surface area contributed by atoms with Gasteiger partial charge in [-0.3, -0.25) is 4.90 Å². The van der Waals surface area contributed by atoms with Crippen molar-refractivity contribution in [3.05, 3.63) is 65.2 Å². The molecule has 116 valence electrons. The molecule has 2 aromatic carbocycles. The number of hydrogen-bond acceptors (Lipinski definition) is 3. The monoisotopic (exact) mass is 296 g/mol. The minimum Gasteiger partial charge on any atom is -0.395 e. The van der Waals surface area contributed by atoms with Crippen LogP contribution in [0.4, 0.5) is 5.69 Å². The first-order chi connectivity index (χ1) is 10.8. The van der Waals surface area contributed by atoms with Gasteiger partial charge >= 0.3 is 0 Å². The number of nitrogens with zero attached hydrogens (tertiary/aromatic N) is 1. The van der Waals surface area contributed by atoms with E-state index in [2.05, 4.69) is 52.7 Å². The third-order valence-electron chi connectivity index (χ3n) is 4.26. The van der Waals surface area contributed by atoms with Crippen molar-refractivity contribution in [3.63, 3.8) is 0 Å². The highest BCUT2D eigenvalue weighted by Crippen LogP contribution is 2.23. The van der Waals surface area contributed by atoms with Gasteiger partial charge in [-0.15, -0.1) is 0 Å². The van der Waals surface area contributed by atoms with Gasteiger partial charge in [-0.25, -0.2) is 0 Å². The Balaban J connectivity index is 1.59. The smallest absolute Gasteiger partial charge is 0.0558 e. The van der Waals surface area contributed by atoms with Crippen LogP contribution >= 0.6 is 0 Å². The SMILES string of the molecule is OCCN(CCc1ccc2c(c1)CCN2)Cc1ccccc1. The average molecular weight is 296 g/mol. The summed E-state index contributed by atoms with van der Waals surface area (Å²) >= 11 is 0. The molecule has 22 heavy (non-hydrogen) atoms. The molecule has 0 radical (unpaired) electrons. The van der Waals surface area contributed by atoms with Crippen LogP contribution in [0.1, 0.15) is 16.7 Å². The minimum atomic E-state index is 0.209. The van der Waals surface area contributed by atoms with Gasteiger partial charge in [0.1, 0.15) is 0 Å². The summed E-state index contributed by atoms with van der Waals surface area (Å²) in [7, 11) is 0. The van der Waals surface area contributed by atoms with Crippen LogP contribution in [0, 0.1) is 0 Å². The molecule has 0 atom stereocenters. The second-order valence-electron chi connectivity index (χ2n) is 5.90. The number of anilines is 1. The van der Waals surface area contributed by atoms with Crippen molar-refractivity contribution < 1.29 is 5.11 Å². The summed E-state index contributed by atoms with van der Waals surface area (Å²) in [5, 5.41) is 12.7.